The molecular formula is C14H24N2O2S. The summed E-state index contributed by atoms with van der Waals surface area (Å²) in [5.41, 5.74) is 6.91. The predicted molar refractivity (Wildman–Crippen MR) is 81.1 cm³/mol. The summed E-state index contributed by atoms with van der Waals surface area (Å²) in [4.78, 5) is 0.194. The Morgan fingerprint density at radius 2 is 1.95 bits per heavy atom. The molecule has 4 nitrogen and oxygen atoms in total. The SMILES string of the molecule is CC(C)CCCCNc1cccc(S(C)(=O)=O)c1N. The molecule has 0 aromatic heterocycles. The Kier molecular flexibility index (Phi) is 5.66. The Labute approximate surface area is 116 Å². The number of unbranched alkanes of at least 4 members (excludes halogenated alkanes) is 1. The second kappa shape index (κ2) is 6.80. The van der Waals surface area contributed by atoms with E-state index in [2.05, 4.69) is 19.2 Å². The highest BCUT2D eigenvalue weighted by Crippen LogP contribution is 2.26. The highest BCUT2D eigenvalue weighted by atomic mass is 32.2. The van der Waals surface area contributed by atoms with Gasteiger partial charge in [-0.05, 0) is 24.5 Å². The summed E-state index contributed by atoms with van der Waals surface area (Å²) in [7, 11) is -3.27. The third-order valence-corrected chi connectivity index (χ3v) is 4.14. The zero-order valence-corrected chi connectivity index (χ0v) is 12.8. The third-order valence-electron chi connectivity index (χ3n) is 2.99. The van der Waals surface area contributed by atoms with Crippen LogP contribution in [0.15, 0.2) is 23.1 Å². The molecule has 0 radical (unpaired) electrons. The smallest absolute Gasteiger partial charge is 0.177 e. The van der Waals surface area contributed by atoms with E-state index in [4.69, 9.17) is 5.73 Å². The van der Waals surface area contributed by atoms with E-state index in [1.165, 1.54) is 18.7 Å². The summed E-state index contributed by atoms with van der Waals surface area (Å²) in [6, 6.07) is 5.06. The lowest BCUT2D eigenvalue weighted by Crippen LogP contribution is -2.08. The Bertz CT molecular complexity index is 510. The van der Waals surface area contributed by atoms with Crippen LogP contribution < -0.4 is 11.1 Å². The van der Waals surface area contributed by atoms with Gasteiger partial charge >= 0.3 is 0 Å². The van der Waals surface area contributed by atoms with Gasteiger partial charge in [0.25, 0.3) is 0 Å². The number of para-hydroxylation sites is 1. The number of nitrogens with one attached hydrogen (secondary N) is 1. The van der Waals surface area contributed by atoms with Crippen LogP contribution in [0.1, 0.15) is 33.1 Å². The van der Waals surface area contributed by atoms with E-state index >= 15 is 0 Å². The molecule has 0 unspecified atom stereocenters. The zero-order chi connectivity index (χ0) is 14.5. The summed E-state index contributed by atoms with van der Waals surface area (Å²) >= 11 is 0. The molecule has 0 amide bonds. The van der Waals surface area contributed by atoms with Crippen molar-refractivity contribution in [1.29, 1.82) is 0 Å². The minimum atomic E-state index is -3.27. The number of nitrogen functional groups attached to an aromatic ring is 1. The Morgan fingerprint density at radius 1 is 1.26 bits per heavy atom. The van der Waals surface area contributed by atoms with E-state index < -0.39 is 9.84 Å². The molecule has 3 N–H and O–H groups in total. The second-order valence-corrected chi connectivity index (χ2v) is 7.29. The lowest BCUT2D eigenvalue weighted by molar-refractivity contribution is 0.545. The number of rotatable bonds is 7. The van der Waals surface area contributed by atoms with Gasteiger partial charge in [0.15, 0.2) is 9.84 Å². The standard InChI is InChI=1S/C14H24N2O2S/c1-11(2)7-4-5-10-16-12-8-6-9-13(14(12)15)19(3,17)18/h6,8-9,11,16H,4-5,7,10,15H2,1-3H3. The first-order valence-electron chi connectivity index (χ1n) is 6.64. The van der Waals surface area contributed by atoms with Crippen molar-refractivity contribution in [2.45, 2.75) is 38.0 Å². The number of hydrogen-bond donors (Lipinski definition) is 2. The molecule has 0 bridgehead atoms. The van der Waals surface area contributed by atoms with Gasteiger partial charge < -0.3 is 11.1 Å². The van der Waals surface area contributed by atoms with Gasteiger partial charge in [0.05, 0.1) is 16.3 Å². The summed E-state index contributed by atoms with van der Waals surface area (Å²) < 4.78 is 23.1. The maximum Gasteiger partial charge on any atom is 0.177 e. The molecule has 0 aliphatic heterocycles. The van der Waals surface area contributed by atoms with Crippen molar-refractivity contribution in [3.63, 3.8) is 0 Å². The largest absolute Gasteiger partial charge is 0.396 e. The first kappa shape index (κ1) is 15.8. The first-order valence-corrected chi connectivity index (χ1v) is 8.54. The fourth-order valence-electron chi connectivity index (χ4n) is 1.92. The molecule has 5 heteroatoms. The van der Waals surface area contributed by atoms with Gasteiger partial charge in [0.2, 0.25) is 0 Å². The van der Waals surface area contributed by atoms with Crippen LogP contribution in [0.25, 0.3) is 0 Å². The van der Waals surface area contributed by atoms with E-state index in [0.717, 1.165) is 25.3 Å². The number of benzene rings is 1. The molecule has 0 spiro atoms. The molecular weight excluding hydrogens is 260 g/mol. The highest BCUT2D eigenvalue weighted by molar-refractivity contribution is 7.90. The fourth-order valence-corrected chi connectivity index (χ4v) is 2.76. The molecule has 0 atom stereocenters. The molecule has 1 rings (SSSR count). The normalized spacial score (nSPS) is 11.8. The van der Waals surface area contributed by atoms with Gasteiger partial charge in [-0.2, -0.15) is 0 Å². The molecule has 0 heterocycles. The Morgan fingerprint density at radius 3 is 2.53 bits per heavy atom. The summed E-state index contributed by atoms with van der Waals surface area (Å²) in [6.07, 6.45) is 4.60. The van der Waals surface area contributed by atoms with Gasteiger partial charge in [-0.25, -0.2) is 8.42 Å². The van der Waals surface area contributed by atoms with Crippen molar-refractivity contribution in [2.75, 3.05) is 23.9 Å². The van der Waals surface area contributed by atoms with Gasteiger partial charge in [-0.3, -0.25) is 0 Å². The molecule has 0 saturated heterocycles. The molecule has 108 valence electrons. The summed E-state index contributed by atoms with van der Waals surface area (Å²) in [5, 5.41) is 3.21. The number of nitrogens with two attached hydrogens (primary N) is 1. The monoisotopic (exact) mass is 284 g/mol. The second-order valence-electron chi connectivity index (χ2n) is 5.31. The predicted octanol–water partition coefficient (Wildman–Crippen LogP) is 2.91. The number of anilines is 2. The maximum atomic E-state index is 11.5. The molecule has 1 aromatic carbocycles. The lowest BCUT2D eigenvalue weighted by Gasteiger charge is -2.12. The average Bonchev–Trinajstić information content (AvgIpc) is 2.28. The van der Waals surface area contributed by atoms with Gasteiger partial charge in [-0.1, -0.05) is 32.8 Å². The quantitative estimate of drug-likeness (QED) is 0.596. The van der Waals surface area contributed by atoms with Gasteiger partial charge in [0.1, 0.15) is 0 Å². The van der Waals surface area contributed by atoms with Crippen molar-refractivity contribution < 1.29 is 8.42 Å². The van der Waals surface area contributed by atoms with Crippen LogP contribution >= 0.6 is 0 Å². The van der Waals surface area contributed by atoms with Crippen LogP contribution in [-0.4, -0.2) is 21.2 Å². The highest BCUT2D eigenvalue weighted by Gasteiger charge is 2.13. The average molecular weight is 284 g/mol. The van der Waals surface area contributed by atoms with Crippen molar-refractivity contribution >= 4 is 21.2 Å². The van der Waals surface area contributed by atoms with Crippen LogP contribution in [0, 0.1) is 5.92 Å². The minimum Gasteiger partial charge on any atom is -0.396 e. The molecule has 0 fully saturated rings. The van der Waals surface area contributed by atoms with Crippen LogP contribution in [0.5, 0.6) is 0 Å². The van der Waals surface area contributed by atoms with Crippen LogP contribution in [0.4, 0.5) is 11.4 Å². The minimum absolute atomic E-state index is 0.194. The molecule has 19 heavy (non-hydrogen) atoms. The summed E-state index contributed by atoms with van der Waals surface area (Å²) in [6.45, 7) is 5.23. The van der Waals surface area contributed by atoms with E-state index in [-0.39, 0.29) is 4.90 Å². The zero-order valence-electron chi connectivity index (χ0n) is 11.9. The molecule has 0 aliphatic rings. The van der Waals surface area contributed by atoms with Crippen molar-refractivity contribution in [1.82, 2.24) is 0 Å². The van der Waals surface area contributed by atoms with Crippen molar-refractivity contribution in [3.8, 4) is 0 Å². The first-order chi connectivity index (χ1) is 8.82. The summed E-state index contributed by atoms with van der Waals surface area (Å²) in [5.74, 6) is 0.721. The molecule has 0 saturated carbocycles. The van der Waals surface area contributed by atoms with E-state index in [0.29, 0.717) is 11.4 Å². The van der Waals surface area contributed by atoms with Gasteiger partial charge in [0, 0.05) is 12.8 Å². The van der Waals surface area contributed by atoms with E-state index in [9.17, 15) is 8.42 Å². The maximum absolute atomic E-state index is 11.5. The Balaban J connectivity index is 2.60. The molecule has 1 aromatic rings. The van der Waals surface area contributed by atoms with Crippen molar-refractivity contribution in [3.05, 3.63) is 18.2 Å². The number of sulfone groups is 1. The van der Waals surface area contributed by atoms with E-state index in [1.54, 1.807) is 6.07 Å². The lowest BCUT2D eigenvalue weighted by atomic mass is 10.1. The van der Waals surface area contributed by atoms with Crippen molar-refractivity contribution in [2.24, 2.45) is 5.92 Å². The van der Waals surface area contributed by atoms with Crippen LogP contribution in [0.2, 0.25) is 0 Å². The molecule has 0 aliphatic carbocycles. The number of hydrogen-bond acceptors (Lipinski definition) is 4. The van der Waals surface area contributed by atoms with Crippen LogP contribution in [-0.2, 0) is 9.84 Å². The fraction of sp³-hybridized carbons (Fsp3) is 0.571. The topological polar surface area (TPSA) is 72.2 Å². The van der Waals surface area contributed by atoms with Crippen LogP contribution in [0.3, 0.4) is 0 Å². The Hall–Kier alpha value is -1.23. The third kappa shape index (κ3) is 5.11. The van der Waals surface area contributed by atoms with E-state index in [1.807, 2.05) is 6.07 Å². The van der Waals surface area contributed by atoms with Gasteiger partial charge in [-0.15, -0.1) is 0 Å².